The SMILES string of the molecule is COCCOCCOC(=O)CCC(C)(c1ccc(C)cc1)c1ccc(OC)cc1. The van der Waals surface area contributed by atoms with Gasteiger partial charge in [-0.1, -0.05) is 48.9 Å². The molecular formula is C24H32O5. The number of aryl methyl sites for hydroxylation is 1. The van der Waals surface area contributed by atoms with Gasteiger partial charge in [-0.05, 0) is 36.6 Å². The van der Waals surface area contributed by atoms with Crippen LogP contribution in [0.4, 0.5) is 0 Å². The van der Waals surface area contributed by atoms with Gasteiger partial charge >= 0.3 is 5.97 Å². The van der Waals surface area contributed by atoms with Gasteiger partial charge in [-0.25, -0.2) is 0 Å². The summed E-state index contributed by atoms with van der Waals surface area (Å²) >= 11 is 0. The molecule has 0 fully saturated rings. The molecule has 0 aliphatic rings. The van der Waals surface area contributed by atoms with E-state index in [0.29, 0.717) is 32.7 Å². The highest BCUT2D eigenvalue weighted by molar-refractivity contribution is 5.69. The topological polar surface area (TPSA) is 54.0 Å². The molecule has 0 saturated heterocycles. The molecule has 29 heavy (non-hydrogen) atoms. The number of rotatable bonds is 12. The van der Waals surface area contributed by atoms with E-state index in [1.54, 1.807) is 14.2 Å². The van der Waals surface area contributed by atoms with Crippen LogP contribution in [0.25, 0.3) is 0 Å². The largest absolute Gasteiger partial charge is 0.497 e. The summed E-state index contributed by atoms with van der Waals surface area (Å²) < 4.78 is 20.8. The van der Waals surface area contributed by atoms with Crippen LogP contribution in [-0.4, -0.2) is 46.6 Å². The minimum Gasteiger partial charge on any atom is -0.497 e. The monoisotopic (exact) mass is 400 g/mol. The van der Waals surface area contributed by atoms with Gasteiger partial charge in [-0.2, -0.15) is 0 Å². The Morgan fingerprint density at radius 3 is 2.03 bits per heavy atom. The first-order valence-electron chi connectivity index (χ1n) is 9.93. The number of hydrogen-bond donors (Lipinski definition) is 0. The zero-order valence-corrected chi connectivity index (χ0v) is 17.9. The highest BCUT2D eigenvalue weighted by Crippen LogP contribution is 2.37. The molecule has 0 bridgehead atoms. The Balaban J connectivity index is 2.04. The molecule has 1 atom stereocenters. The zero-order valence-electron chi connectivity index (χ0n) is 17.9. The van der Waals surface area contributed by atoms with Crippen molar-refractivity contribution in [2.75, 3.05) is 40.6 Å². The Morgan fingerprint density at radius 1 is 0.862 bits per heavy atom. The second kappa shape index (κ2) is 11.6. The van der Waals surface area contributed by atoms with Crippen molar-refractivity contribution in [2.24, 2.45) is 0 Å². The van der Waals surface area contributed by atoms with Crippen molar-refractivity contribution in [3.8, 4) is 5.75 Å². The van der Waals surface area contributed by atoms with Crippen molar-refractivity contribution >= 4 is 5.97 Å². The van der Waals surface area contributed by atoms with Crippen LogP contribution in [0.15, 0.2) is 48.5 Å². The van der Waals surface area contributed by atoms with E-state index in [2.05, 4.69) is 50.2 Å². The number of esters is 1. The summed E-state index contributed by atoms with van der Waals surface area (Å²) in [6.07, 6.45) is 0.972. The first-order chi connectivity index (χ1) is 14.0. The lowest BCUT2D eigenvalue weighted by Gasteiger charge is -2.31. The van der Waals surface area contributed by atoms with Crippen molar-refractivity contribution in [3.05, 3.63) is 65.2 Å². The second-order valence-corrected chi connectivity index (χ2v) is 7.25. The third-order valence-corrected chi connectivity index (χ3v) is 5.17. The maximum atomic E-state index is 12.3. The molecule has 0 saturated carbocycles. The molecule has 0 N–H and O–H groups in total. The predicted molar refractivity (Wildman–Crippen MR) is 114 cm³/mol. The lowest BCUT2D eigenvalue weighted by Crippen LogP contribution is -2.25. The van der Waals surface area contributed by atoms with E-state index in [1.165, 1.54) is 11.1 Å². The van der Waals surface area contributed by atoms with Crippen LogP contribution >= 0.6 is 0 Å². The third-order valence-electron chi connectivity index (χ3n) is 5.17. The van der Waals surface area contributed by atoms with Gasteiger partial charge in [0.05, 0.1) is 26.9 Å². The highest BCUT2D eigenvalue weighted by Gasteiger charge is 2.30. The summed E-state index contributed by atoms with van der Waals surface area (Å²) in [5.41, 5.74) is 3.20. The van der Waals surface area contributed by atoms with Gasteiger partial charge in [0.15, 0.2) is 0 Å². The molecule has 1 unspecified atom stereocenters. The normalized spacial score (nSPS) is 13.0. The second-order valence-electron chi connectivity index (χ2n) is 7.25. The van der Waals surface area contributed by atoms with Crippen molar-refractivity contribution in [3.63, 3.8) is 0 Å². The summed E-state index contributed by atoms with van der Waals surface area (Å²) in [6, 6.07) is 16.5. The van der Waals surface area contributed by atoms with Crippen molar-refractivity contribution in [1.82, 2.24) is 0 Å². The quantitative estimate of drug-likeness (QED) is 0.393. The summed E-state index contributed by atoms with van der Waals surface area (Å²) in [6.45, 7) is 5.90. The fraction of sp³-hybridized carbons (Fsp3) is 0.458. The van der Waals surface area contributed by atoms with E-state index in [1.807, 2.05) is 12.1 Å². The van der Waals surface area contributed by atoms with Crippen LogP contribution in [0.5, 0.6) is 5.75 Å². The van der Waals surface area contributed by atoms with E-state index in [-0.39, 0.29) is 18.0 Å². The van der Waals surface area contributed by atoms with Crippen LogP contribution in [0.1, 0.15) is 36.5 Å². The van der Waals surface area contributed by atoms with Gasteiger partial charge in [0.25, 0.3) is 0 Å². The van der Waals surface area contributed by atoms with Crippen LogP contribution in [0.3, 0.4) is 0 Å². The van der Waals surface area contributed by atoms with Crippen molar-refractivity contribution in [2.45, 2.75) is 32.1 Å². The maximum absolute atomic E-state index is 12.3. The molecule has 0 amide bonds. The van der Waals surface area contributed by atoms with E-state index in [9.17, 15) is 4.79 Å². The van der Waals surface area contributed by atoms with Gasteiger partial charge in [-0.15, -0.1) is 0 Å². The fourth-order valence-corrected chi connectivity index (χ4v) is 3.22. The van der Waals surface area contributed by atoms with Crippen LogP contribution in [-0.2, 0) is 24.4 Å². The lowest BCUT2D eigenvalue weighted by molar-refractivity contribution is -0.145. The standard InChI is InChI=1S/C24H32O5/c1-19-5-7-20(8-6-19)24(2,21-9-11-22(27-4)12-10-21)14-13-23(25)29-18-17-28-16-15-26-3/h5-12H,13-18H2,1-4H3. The van der Waals surface area contributed by atoms with Gasteiger partial charge in [0.2, 0.25) is 0 Å². The Morgan fingerprint density at radius 2 is 1.45 bits per heavy atom. The summed E-state index contributed by atoms with van der Waals surface area (Å²) in [5.74, 6) is 0.597. The van der Waals surface area contributed by atoms with Crippen LogP contribution < -0.4 is 4.74 Å². The van der Waals surface area contributed by atoms with E-state index < -0.39 is 0 Å². The molecule has 0 radical (unpaired) electrons. The number of benzene rings is 2. The minimum atomic E-state index is -0.312. The maximum Gasteiger partial charge on any atom is 0.305 e. The minimum absolute atomic E-state index is 0.216. The Kier molecular flexibility index (Phi) is 9.16. The number of ether oxygens (including phenoxy) is 4. The van der Waals surface area contributed by atoms with Crippen molar-refractivity contribution in [1.29, 1.82) is 0 Å². The van der Waals surface area contributed by atoms with Gasteiger partial charge in [0.1, 0.15) is 12.4 Å². The molecule has 5 heteroatoms. The fourth-order valence-electron chi connectivity index (χ4n) is 3.22. The van der Waals surface area contributed by atoms with E-state index in [4.69, 9.17) is 18.9 Å². The summed E-state index contributed by atoms with van der Waals surface area (Å²) in [5, 5.41) is 0. The molecule has 0 heterocycles. The molecule has 158 valence electrons. The molecule has 0 aliphatic carbocycles. The summed E-state index contributed by atoms with van der Waals surface area (Å²) in [7, 11) is 3.28. The molecule has 0 aromatic heterocycles. The molecule has 2 aromatic rings. The van der Waals surface area contributed by atoms with Crippen molar-refractivity contribution < 1.29 is 23.7 Å². The lowest BCUT2D eigenvalue weighted by atomic mass is 9.73. The first kappa shape index (κ1) is 22.9. The van der Waals surface area contributed by atoms with Crippen LogP contribution in [0.2, 0.25) is 0 Å². The Labute approximate surface area is 173 Å². The average molecular weight is 401 g/mol. The molecular weight excluding hydrogens is 368 g/mol. The Hall–Kier alpha value is -2.37. The number of methoxy groups -OCH3 is 2. The zero-order chi connectivity index (χ0) is 21.1. The first-order valence-corrected chi connectivity index (χ1v) is 9.93. The van der Waals surface area contributed by atoms with Gasteiger partial charge in [-0.3, -0.25) is 4.79 Å². The smallest absolute Gasteiger partial charge is 0.305 e. The van der Waals surface area contributed by atoms with E-state index in [0.717, 1.165) is 11.3 Å². The summed E-state index contributed by atoms with van der Waals surface area (Å²) in [4.78, 5) is 12.3. The molecule has 0 aliphatic heterocycles. The van der Waals surface area contributed by atoms with E-state index >= 15 is 0 Å². The predicted octanol–water partition coefficient (Wildman–Crippen LogP) is 4.30. The molecule has 2 rings (SSSR count). The average Bonchev–Trinajstić information content (AvgIpc) is 2.75. The molecule has 5 nitrogen and oxygen atoms in total. The van der Waals surface area contributed by atoms with Gasteiger partial charge in [0, 0.05) is 18.9 Å². The van der Waals surface area contributed by atoms with Gasteiger partial charge < -0.3 is 18.9 Å². The highest BCUT2D eigenvalue weighted by atomic mass is 16.6. The third kappa shape index (κ3) is 6.87. The number of hydrogen-bond acceptors (Lipinski definition) is 5. The van der Waals surface area contributed by atoms with Crippen LogP contribution in [0, 0.1) is 6.92 Å². The number of carbonyl (C=O) groups is 1. The number of carbonyl (C=O) groups excluding carboxylic acids is 1. The molecule has 2 aromatic carbocycles. The molecule has 0 spiro atoms. The Bertz CT molecular complexity index is 739.